The average molecular weight is 454 g/mol. The van der Waals surface area contributed by atoms with Gasteiger partial charge in [-0.2, -0.15) is 4.98 Å². The molecular weight excluding hydrogens is 418 g/mol. The topological polar surface area (TPSA) is 78.8 Å². The number of carbonyl (C=O) groups is 2. The standard InChI is InChI=1S/C25H35N5O3/c1-19-17-20(2)29(25(33)26-19)13-7-11-24(32)28-16-15-27(4)12-8-14-30(21(3)31)23-10-6-5-9-22(23)18-28/h5-6,9-10,17H,7-8,11-16,18H2,1-4H3. The summed E-state index contributed by atoms with van der Waals surface area (Å²) in [6, 6.07) is 9.71. The molecular formula is C25H35N5O3. The molecule has 33 heavy (non-hydrogen) atoms. The third kappa shape index (κ3) is 6.51. The van der Waals surface area contributed by atoms with Crippen LogP contribution in [0.1, 0.15) is 43.1 Å². The fourth-order valence-electron chi connectivity index (χ4n) is 4.35. The van der Waals surface area contributed by atoms with Crippen LogP contribution >= 0.6 is 0 Å². The molecule has 2 amide bonds. The number of amides is 2. The van der Waals surface area contributed by atoms with Gasteiger partial charge in [-0.1, -0.05) is 18.2 Å². The molecule has 8 nitrogen and oxygen atoms in total. The first-order valence-corrected chi connectivity index (χ1v) is 11.6. The number of aromatic nitrogens is 2. The second-order valence-corrected chi connectivity index (χ2v) is 8.85. The second-order valence-electron chi connectivity index (χ2n) is 8.85. The van der Waals surface area contributed by atoms with Crippen molar-refractivity contribution in [2.45, 2.75) is 53.1 Å². The van der Waals surface area contributed by atoms with E-state index in [4.69, 9.17) is 0 Å². The van der Waals surface area contributed by atoms with Crippen molar-refractivity contribution in [2.24, 2.45) is 0 Å². The van der Waals surface area contributed by atoms with Crippen molar-refractivity contribution in [1.29, 1.82) is 0 Å². The molecule has 1 aromatic carbocycles. The van der Waals surface area contributed by atoms with Crippen LogP contribution in [0.3, 0.4) is 0 Å². The highest BCUT2D eigenvalue weighted by molar-refractivity contribution is 5.92. The number of benzene rings is 1. The van der Waals surface area contributed by atoms with Gasteiger partial charge in [-0.25, -0.2) is 4.79 Å². The average Bonchev–Trinajstić information content (AvgIpc) is 2.78. The lowest BCUT2D eigenvalue weighted by atomic mass is 10.1. The van der Waals surface area contributed by atoms with Crippen molar-refractivity contribution in [1.82, 2.24) is 19.4 Å². The van der Waals surface area contributed by atoms with E-state index in [0.717, 1.165) is 36.5 Å². The number of hydrogen-bond donors (Lipinski definition) is 0. The number of fused-ring (bicyclic) bond motifs is 1. The molecule has 0 bridgehead atoms. The van der Waals surface area contributed by atoms with Gasteiger partial charge in [0.05, 0.1) is 0 Å². The van der Waals surface area contributed by atoms with Gasteiger partial charge in [-0.3, -0.25) is 14.2 Å². The van der Waals surface area contributed by atoms with Gasteiger partial charge in [-0.15, -0.1) is 0 Å². The van der Waals surface area contributed by atoms with Gasteiger partial charge in [0.1, 0.15) is 0 Å². The van der Waals surface area contributed by atoms with Gasteiger partial charge in [-0.05, 0) is 58.0 Å². The highest BCUT2D eigenvalue weighted by Crippen LogP contribution is 2.24. The maximum atomic E-state index is 13.2. The van der Waals surface area contributed by atoms with Gasteiger partial charge in [0.2, 0.25) is 11.8 Å². The Balaban J connectivity index is 1.76. The number of carbonyl (C=O) groups excluding carboxylic acids is 2. The number of aryl methyl sites for hydroxylation is 2. The highest BCUT2D eigenvalue weighted by Gasteiger charge is 2.21. The molecule has 1 aromatic heterocycles. The minimum atomic E-state index is -0.268. The molecule has 0 spiro atoms. The zero-order valence-corrected chi connectivity index (χ0v) is 20.2. The predicted molar refractivity (Wildman–Crippen MR) is 129 cm³/mol. The van der Waals surface area contributed by atoms with Gasteiger partial charge in [0, 0.05) is 63.1 Å². The first-order valence-electron chi connectivity index (χ1n) is 11.6. The Hall–Kier alpha value is -3.00. The number of anilines is 1. The summed E-state index contributed by atoms with van der Waals surface area (Å²) >= 11 is 0. The number of likely N-dealkylation sites (N-methyl/N-ethyl adjacent to an activating group) is 1. The van der Waals surface area contributed by atoms with Crippen molar-refractivity contribution in [3.63, 3.8) is 0 Å². The largest absolute Gasteiger partial charge is 0.347 e. The van der Waals surface area contributed by atoms with E-state index in [1.54, 1.807) is 18.4 Å². The number of nitrogens with zero attached hydrogens (tertiary/aromatic N) is 5. The Bertz CT molecular complexity index is 1050. The Kier molecular flexibility index (Phi) is 8.38. The summed E-state index contributed by atoms with van der Waals surface area (Å²) in [4.78, 5) is 47.7. The third-order valence-corrected chi connectivity index (χ3v) is 6.17. The smallest absolute Gasteiger partial charge is 0.337 e. The summed E-state index contributed by atoms with van der Waals surface area (Å²) in [6.07, 6.45) is 1.79. The quantitative estimate of drug-likeness (QED) is 0.710. The lowest BCUT2D eigenvalue weighted by molar-refractivity contribution is -0.132. The Morgan fingerprint density at radius 2 is 1.82 bits per heavy atom. The third-order valence-electron chi connectivity index (χ3n) is 6.17. The molecule has 2 aromatic rings. The number of para-hydroxylation sites is 1. The van der Waals surface area contributed by atoms with Gasteiger partial charge in [0.25, 0.3) is 0 Å². The summed E-state index contributed by atoms with van der Waals surface area (Å²) in [6.45, 7) is 9.11. The molecule has 3 rings (SSSR count). The summed E-state index contributed by atoms with van der Waals surface area (Å²) in [5.74, 6) is 0.0624. The molecule has 0 unspecified atom stereocenters. The summed E-state index contributed by atoms with van der Waals surface area (Å²) in [5.41, 5.74) is 3.14. The Morgan fingerprint density at radius 3 is 2.55 bits per heavy atom. The zero-order chi connectivity index (χ0) is 24.0. The maximum absolute atomic E-state index is 13.2. The van der Waals surface area contributed by atoms with E-state index in [1.807, 2.05) is 54.1 Å². The van der Waals surface area contributed by atoms with Crippen molar-refractivity contribution in [3.05, 3.63) is 57.8 Å². The van der Waals surface area contributed by atoms with E-state index in [9.17, 15) is 14.4 Å². The summed E-state index contributed by atoms with van der Waals surface area (Å²) < 4.78 is 1.63. The molecule has 2 heterocycles. The molecule has 0 atom stereocenters. The van der Waals surface area contributed by atoms with Gasteiger partial charge >= 0.3 is 5.69 Å². The van der Waals surface area contributed by atoms with Crippen LogP contribution in [0.5, 0.6) is 0 Å². The van der Waals surface area contributed by atoms with Crippen molar-refractivity contribution in [2.75, 3.05) is 38.1 Å². The van der Waals surface area contributed by atoms with E-state index in [2.05, 4.69) is 9.88 Å². The van der Waals surface area contributed by atoms with Crippen LogP contribution in [-0.4, -0.2) is 64.4 Å². The molecule has 0 saturated carbocycles. The van der Waals surface area contributed by atoms with Gasteiger partial charge < -0.3 is 14.7 Å². The second kappa shape index (κ2) is 11.2. The Morgan fingerprint density at radius 1 is 1.06 bits per heavy atom. The molecule has 178 valence electrons. The van der Waals surface area contributed by atoms with Crippen LogP contribution in [0.4, 0.5) is 5.69 Å². The summed E-state index contributed by atoms with van der Waals surface area (Å²) in [5, 5.41) is 0. The zero-order valence-electron chi connectivity index (χ0n) is 20.2. The summed E-state index contributed by atoms with van der Waals surface area (Å²) in [7, 11) is 2.05. The Labute approximate surface area is 195 Å². The highest BCUT2D eigenvalue weighted by atomic mass is 16.2. The molecule has 0 saturated heterocycles. The van der Waals surface area contributed by atoms with E-state index < -0.39 is 0 Å². The van der Waals surface area contributed by atoms with Crippen LogP contribution in [-0.2, 0) is 22.7 Å². The van der Waals surface area contributed by atoms with Crippen LogP contribution in [0.25, 0.3) is 0 Å². The number of hydrogen-bond acceptors (Lipinski definition) is 5. The van der Waals surface area contributed by atoms with Crippen molar-refractivity contribution >= 4 is 17.5 Å². The molecule has 8 heteroatoms. The van der Waals surface area contributed by atoms with E-state index in [-0.39, 0.29) is 17.5 Å². The molecule has 0 aliphatic carbocycles. The minimum absolute atomic E-state index is 0.00902. The first-order chi connectivity index (χ1) is 15.8. The van der Waals surface area contributed by atoms with Crippen LogP contribution < -0.4 is 10.6 Å². The number of rotatable bonds is 4. The lowest BCUT2D eigenvalue weighted by Gasteiger charge is -2.27. The molecule has 0 radical (unpaired) electrons. The normalized spacial score (nSPS) is 15.6. The van der Waals surface area contributed by atoms with Crippen LogP contribution in [0.15, 0.2) is 35.1 Å². The fourth-order valence-corrected chi connectivity index (χ4v) is 4.35. The van der Waals surface area contributed by atoms with Crippen LogP contribution in [0, 0.1) is 13.8 Å². The van der Waals surface area contributed by atoms with E-state index in [1.165, 1.54) is 0 Å². The van der Waals surface area contributed by atoms with Gasteiger partial charge in [0.15, 0.2) is 0 Å². The minimum Gasteiger partial charge on any atom is -0.337 e. The van der Waals surface area contributed by atoms with Crippen molar-refractivity contribution < 1.29 is 9.59 Å². The molecule has 0 N–H and O–H groups in total. The van der Waals surface area contributed by atoms with E-state index >= 15 is 0 Å². The fraction of sp³-hybridized carbons (Fsp3) is 0.520. The monoisotopic (exact) mass is 453 g/mol. The van der Waals surface area contributed by atoms with E-state index in [0.29, 0.717) is 44.7 Å². The van der Waals surface area contributed by atoms with Crippen LogP contribution in [0.2, 0.25) is 0 Å². The lowest BCUT2D eigenvalue weighted by Crippen LogP contribution is -2.37. The molecule has 0 fully saturated rings. The first kappa shape index (κ1) is 24.6. The molecule has 1 aliphatic rings. The predicted octanol–water partition coefficient (Wildman–Crippen LogP) is 2.36. The SMILES string of the molecule is CC(=O)N1CCCN(C)CCN(C(=O)CCCn2c(C)cc(C)nc2=O)Cc2ccccc21. The molecule has 1 aliphatic heterocycles. The van der Waals surface area contributed by atoms with Crippen molar-refractivity contribution in [3.8, 4) is 0 Å². The maximum Gasteiger partial charge on any atom is 0.347 e.